The van der Waals surface area contributed by atoms with Crippen molar-refractivity contribution in [2.24, 2.45) is 4.99 Å². The zero-order valence-corrected chi connectivity index (χ0v) is 15.3. The van der Waals surface area contributed by atoms with E-state index in [4.69, 9.17) is 17.2 Å². The highest BCUT2D eigenvalue weighted by Gasteiger charge is 2.18. The molecule has 25 heavy (non-hydrogen) atoms. The predicted molar refractivity (Wildman–Crippen MR) is 111 cm³/mol. The van der Waals surface area contributed by atoms with Crippen molar-refractivity contribution in [3.05, 3.63) is 83.4 Å². The Kier molecular flexibility index (Phi) is 4.38. The summed E-state index contributed by atoms with van der Waals surface area (Å²) in [5.74, 6) is 0. The molecule has 0 bridgehead atoms. The smallest absolute Gasteiger partial charge is 0.0797 e. The number of hydrogen-bond donors (Lipinski definition) is 1. The van der Waals surface area contributed by atoms with Gasteiger partial charge in [0.1, 0.15) is 0 Å². The van der Waals surface area contributed by atoms with E-state index in [9.17, 15) is 0 Å². The van der Waals surface area contributed by atoms with Crippen molar-refractivity contribution >= 4 is 46.6 Å². The average molecular weight is 361 g/mol. The van der Waals surface area contributed by atoms with Crippen molar-refractivity contribution < 1.29 is 0 Å². The largest absolute Gasteiger partial charge is 0.353 e. The van der Waals surface area contributed by atoms with Crippen LogP contribution in [0.15, 0.2) is 81.5 Å². The number of fused-ring (bicyclic) bond motifs is 2. The minimum absolute atomic E-state index is 0.952. The van der Waals surface area contributed by atoms with Gasteiger partial charge in [-0.15, -0.1) is 0 Å². The summed E-state index contributed by atoms with van der Waals surface area (Å²) in [5, 5.41) is 3.07. The monoisotopic (exact) mass is 360 g/mol. The first-order chi connectivity index (χ1) is 12.2. The average Bonchev–Trinajstić information content (AvgIpc) is 2.78. The molecule has 2 nitrogen and oxygen atoms in total. The maximum absolute atomic E-state index is 5.04. The van der Waals surface area contributed by atoms with Crippen LogP contribution in [0.4, 0.5) is 11.4 Å². The van der Waals surface area contributed by atoms with Crippen LogP contribution in [0.3, 0.4) is 0 Å². The third-order valence-electron chi connectivity index (χ3n) is 4.07. The standard InChI is InChI=1S/C21H16N2S2/c1-14-5-4-6-15(11-14)21-17-7-2-3-8-19(17)25-20-10-9-16(22-13-24)12-18(20)23-21/h2-13H,1H3,(H,22,24). The normalized spacial score (nSPS) is 12.4. The number of aryl methyl sites for hydroxylation is 1. The molecule has 0 spiro atoms. The van der Waals surface area contributed by atoms with Crippen LogP contribution in [0.1, 0.15) is 16.7 Å². The highest BCUT2D eigenvalue weighted by molar-refractivity contribution is 7.99. The Morgan fingerprint density at radius 1 is 0.960 bits per heavy atom. The molecule has 0 saturated heterocycles. The van der Waals surface area contributed by atoms with E-state index in [1.54, 1.807) is 11.8 Å². The van der Waals surface area contributed by atoms with Gasteiger partial charge in [-0.05, 0) is 37.3 Å². The number of anilines is 1. The van der Waals surface area contributed by atoms with Gasteiger partial charge in [-0.3, -0.25) is 0 Å². The van der Waals surface area contributed by atoms with E-state index in [-0.39, 0.29) is 0 Å². The minimum Gasteiger partial charge on any atom is -0.353 e. The van der Waals surface area contributed by atoms with Crippen molar-refractivity contribution in [3.63, 3.8) is 0 Å². The minimum atomic E-state index is 0.952. The van der Waals surface area contributed by atoms with E-state index in [2.05, 4.69) is 66.8 Å². The van der Waals surface area contributed by atoms with Gasteiger partial charge in [0.2, 0.25) is 0 Å². The fourth-order valence-corrected chi connectivity index (χ4v) is 4.05. The number of hydrogen-bond acceptors (Lipinski definition) is 3. The lowest BCUT2D eigenvalue weighted by atomic mass is 10.0. The molecule has 4 rings (SSSR count). The molecule has 0 aliphatic carbocycles. The first-order valence-electron chi connectivity index (χ1n) is 8.02. The van der Waals surface area contributed by atoms with Crippen LogP contribution in [0.25, 0.3) is 0 Å². The molecule has 0 unspecified atom stereocenters. The van der Waals surface area contributed by atoms with E-state index in [1.807, 2.05) is 12.1 Å². The Morgan fingerprint density at radius 2 is 1.84 bits per heavy atom. The summed E-state index contributed by atoms with van der Waals surface area (Å²) in [7, 11) is 0. The van der Waals surface area contributed by atoms with E-state index in [0.717, 1.165) is 27.5 Å². The second kappa shape index (κ2) is 6.82. The van der Waals surface area contributed by atoms with Crippen molar-refractivity contribution in [3.8, 4) is 0 Å². The van der Waals surface area contributed by atoms with Crippen LogP contribution < -0.4 is 5.32 Å². The highest BCUT2D eigenvalue weighted by atomic mass is 32.2. The lowest BCUT2D eigenvalue weighted by molar-refractivity contribution is 1.37. The van der Waals surface area contributed by atoms with Crippen LogP contribution in [0, 0.1) is 6.92 Å². The zero-order valence-electron chi connectivity index (χ0n) is 13.7. The van der Waals surface area contributed by atoms with Gasteiger partial charge in [0.05, 0.1) is 16.9 Å². The molecule has 3 aromatic rings. The van der Waals surface area contributed by atoms with Gasteiger partial charge in [-0.25, -0.2) is 4.99 Å². The third kappa shape index (κ3) is 3.23. The van der Waals surface area contributed by atoms with Gasteiger partial charge in [0.25, 0.3) is 0 Å². The predicted octanol–water partition coefficient (Wildman–Crippen LogP) is 6.00. The van der Waals surface area contributed by atoms with E-state index in [0.29, 0.717) is 0 Å². The molecule has 0 amide bonds. The van der Waals surface area contributed by atoms with Crippen molar-refractivity contribution in [2.75, 3.05) is 5.32 Å². The molecule has 0 aromatic heterocycles. The number of nitrogens with one attached hydrogen (secondary N) is 1. The maximum Gasteiger partial charge on any atom is 0.0797 e. The summed E-state index contributed by atoms with van der Waals surface area (Å²) in [6, 6.07) is 23.1. The maximum atomic E-state index is 5.04. The third-order valence-corrected chi connectivity index (χ3v) is 5.33. The fourth-order valence-electron chi connectivity index (χ4n) is 2.91. The number of thiocarbonyl (C=S) groups is 1. The molecular weight excluding hydrogens is 344 g/mol. The lowest BCUT2D eigenvalue weighted by Crippen LogP contribution is -2.04. The number of benzene rings is 3. The Balaban J connectivity index is 1.95. The number of aliphatic imine (C=N–C) groups is 1. The van der Waals surface area contributed by atoms with E-state index in [1.165, 1.54) is 21.5 Å². The molecule has 0 atom stereocenters. The summed E-state index contributed by atoms with van der Waals surface area (Å²) in [5.41, 5.74) is 7.96. The van der Waals surface area contributed by atoms with Gasteiger partial charge >= 0.3 is 0 Å². The topological polar surface area (TPSA) is 24.4 Å². The summed E-state index contributed by atoms with van der Waals surface area (Å²) in [6.07, 6.45) is 0. The summed E-state index contributed by atoms with van der Waals surface area (Å²) in [4.78, 5) is 7.41. The molecule has 0 fully saturated rings. The SMILES string of the molecule is Cc1cccc(C2=Nc3cc(NC=S)ccc3Sc3ccccc32)c1. The molecule has 122 valence electrons. The summed E-state index contributed by atoms with van der Waals surface area (Å²) < 4.78 is 0. The van der Waals surface area contributed by atoms with Crippen LogP contribution in [-0.2, 0) is 0 Å². The van der Waals surface area contributed by atoms with Gasteiger partial charge in [0.15, 0.2) is 0 Å². The molecule has 1 aliphatic heterocycles. The first-order valence-corrected chi connectivity index (χ1v) is 9.30. The van der Waals surface area contributed by atoms with Crippen LogP contribution >= 0.6 is 24.0 Å². The van der Waals surface area contributed by atoms with E-state index < -0.39 is 0 Å². The lowest BCUT2D eigenvalue weighted by Gasteiger charge is -2.09. The van der Waals surface area contributed by atoms with Gasteiger partial charge < -0.3 is 5.32 Å². The summed E-state index contributed by atoms with van der Waals surface area (Å²) >= 11 is 6.66. The van der Waals surface area contributed by atoms with Crippen LogP contribution in [0.5, 0.6) is 0 Å². The molecule has 0 saturated carbocycles. The van der Waals surface area contributed by atoms with Crippen molar-refractivity contribution in [1.82, 2.24) is 0 Å². The number of rotatable bonds is 3. The van der Waals surface area contributed by atoms with E-state index >= 15 is 0 Å². The molecule has 4 heteroatoms. The van der Waals surface area contributed by atoms with Crippen LogP contribution in [0.2, 0.25) is 0 Å². The van der Waals surface area contributed by atoms with Crippen LogP contribution in [-0.4, -0.2) is 11.2 Å². The molecule has 1 heterocycles. The molecule has 3 aromatic carbocycles. The quantitative estimate of drug-likeness (QED) is 0.454. The number of nitrogens with zero attached hydrogens (tertiary/aromatic N) is 1. The Morgan fingerprint density at radius 3 is 2.68 bits per heavy atom. The van der Waals surface area contributed by atoms with Crippen molar-refractivity contribution in [1.29, 1.82) is 0 Å². The van der Waals surface area contributed by atoms with Crippen molar-refractivity contribution in [2.45, 2.75) is 16.7 Å². The zero-order chi connectivity index (χ0) is 17.2. The molecule has 1 aliphatic rings. The van der Waals surface area contributed by atoms with Gasteiger partial charge in [-0.2, -0.15) is 0 Å². The molecular formula is C21H16N2S2. The Labute approximate surface area is 157 Å². The summed E-state index contributed by atoms with van der Waals surface area (Å²) in [6.45, 7) is 2.11. The highest BCUT2D eigenvalue weighted by Crippen LogP contribution is 2.42. The van der Waals surface area contributed by atoms with Gasteiger partial charge in [-0.1, -0.05) is 65.9 Å². The molecule has 1 N–H and O–H groups in total. The Hall–Kier alpha value is -2.43. The molecule has 0 radical (unpaired) electrons. The second-order valence-corrected chi connectivity index (χ2v) is 7.19. The fraction of sp³-hybridized carbons (Fsp3) is 0.0476. The second-order valence-electron chi connectivity index (χ2n) is 5.87. The first kappa shape index (κ1) is 16.1. The van der Waals surface area contributed by atoms with Gasteiger partial charge in [0, 0.05) is 26.6 Å². The Bertz CT molecular complexity index is 993.